The van der Waals surface area contributed by atoms with Crippen molar-refractivity contribution >= 4 is 5.91 Å². The Morgan fingerprint density at radius 1 is 1.14 bits per heavy atom. The van der Waals surface area contributed by atoms with Gasteiger partial charge in [0.1, 0.15) is 6.54 Å². The number of carbonyl (C=O) groups is 1. The van der Waals surface area contributed by atoms with Gasteiger partial charge in [-0.25, -0.2) is 0 Å². The fourth-order valence-electron chi connectivity index (χ4n) is 3.34. The van der Waals surface area contributed by atoms with E-state index in [-0.39, 0.29) is 5.91 Å². The van der Waals surface area contributed by atoms with E-state index in [4.69, 9.17) is 0 Å². The second kappa shape index (κ2) is 6.60. The summed E-state index contributed by atoms with van der Waals surface area (Å²) >= 11 is 0. The molecule has 21 heavy (non-hydrogen) atoms. The van der Waals surface area contributed by atoms with E-state index in [9.17, 15) is 4.79 Å². The van der Waals surface area contributed by atoms with Crippen molar-refractivity contribution in [1.29, 1.82) is 0 Å². The average molecular weight is 290 g/mol. The summed E-state index contributed by atoms with van der Waals surface area (Å²) in [6.45, 7) is 7.36. The van der Waals surface area contributed by atoms with Gasteiger partial charge in [0.2, 0.25) is 5.91 Å². The molecule has 0 bridgehead atoms. The maximum absolute atomic E-state index is 12.4. The van der Waals surface area contributed by atoms with Crippen molar-refractivity contribution in [2.24, 2.45) is 0 Å². The van der Waals surface area contributed by atoms with Crippen molar-refractivity contribution in [3.05, 3.63) is 17.5 Å². The van der Waals surface area contributed by atoms with Crippen LogP contribution >= 0.6 is 0 Å². The molecule has 1 aliphatic heterocycles. The summed E-state index contributed by atoms with van der Waals surface area (Å²) in [5.41, 5.74) is 2.58. The maximum atomic E-state index is 12.4. The Morgan fingerprint density at radius 3 is 2.67 bits per heavy atom. The van der Waals surface area contributed by atoms with Crippen molar-refractivity contribution in [3.63, 3.8) is 0 Å². The fraction of sp³-hybridized carbons (Fsp3) is 0.750. The zero-order chi connectivity index (χ0) is 14.7. The predicted molar refractivity (Wildman–Crippen MR) is 82.2 cm³/mol. The van der Waals surface area contributed by atoms with Crippen LogP contribution < -0.4 is 0 Å². The van der Waals surface area contributed by atoms with Crippen LogP contribution in [0.5, 0.6) is 0 Å². The second-order valence-corrected chi connectivity index (χ2v) is 6.17. The number of fused-ring (bicyclic) bond motifs is 1. The molecule has 0 atom stereocenters. The van der Waals surface area contributed by atoms with Gasteiger partial charge >= 0.3 is 0 Å². The highest BCUT2D eigenvalue weighted by Crippen LogP contribution is 2.19. The second-order valence-electron chi connectivity index (χ2n) is 6.17. The van der Waals surface area contributed by atoms with E-state index >= 15 is 0 Å². The third kappa shape index (κ3) is 3.46. The Morgan fingerprint density at radius 2 is 1.90 bits per heavy atom. The summed E-state index contributed by atoms with van der Waals surface area (Å²) < 4.78 is 1.87. The summed E-state index contributed by atoms with van der Waals surface area (Å²) in [4.78, 5) is 16.8. The Labute approximate surface area is 126 Å². The minimum absolute atomic E-state index is 0.211. The van der Waals surface area contributed by atoms with Crippen molar-refractivity contribution in [2.75, 3.05) is 32.7 Å². The first-order chi connectivity index (χ1) is 10.3. The number of likely N-dealkylation sites (N-methyl/N-ethyl adjacent to an activating group) is 1. The monoisotopic (exact) mass is 290 g/mol. The molecule has 5 nitrogen and oxygen atoms in total. The van der Waals surface area contributed by atoms with Gasteiger partial charge in [-0.3, -0.25) is 9.48 Å². The van der Waals surface area contributed by atoms with Crippen LogP contribution in [0.3, 0.4) is 0 Å². The molecule has 1 aromatic rings. The lowest BCUT2D eigenvalue weighted by Crippen LogP contribution is -2.49. The van der Waals surface area contributed by atoms with Gasteiger partial charge in [0, 0.05) is 32.4 Å². The van der Waals surface area contributed by atoms with Gasteiger partial charge in [-0.1, -0.05) is 13.3 Å². The Balaban J connectivity index is 1.58. The average Bonchev–Trinajstić information content (AvgIpc) is 2.76. The van der Waals surface area contributed by atoms with Crippen LogP contribution in [0, 0.1) is 0 Å². The molecule has 1 aromatic heterocycles. The van der Waals surface area contributed by atoms with Crippen molar-refractivity contribution < 1.29 is 4.79 Å². The van der Waals surface area contributed by atoms with E-state index in [0.29, 0.717) is 6.54 Å². The van der Waals surface area contributed by atoms with Crippen LogP contribution in [0.25, 0.3) is 0 Å². The molecule has 0 N–H and O–H groups in total. The third-order valence-corrected chi connectivity index (χ3v) is 4.75. The number of aromatic nitrogens is 2. The molecule has 0 aromatic carbocycles. The van der Waals surface area contributed by atoms with E-state index in [1.807, 2.05) is 9.58 Å². The van der Waals surface area contributed by atoms with Crippen LogP contribution in [-0.4, -0.2) is 58.2 Å². The molecular weight excluding hydrogens is 264 g/mol. The first-order valence-corrected chi connectivity index (χ1v) is 8.31. The maximum Gasteiger partial charge on any atom is 0.244 e. The van der Waals surface area contributed by atoms with Crippen molar-refractivity contribution in [3.8, 4) is 0 Å². The number of piperazine rings is 1. The molecule has 2 aliphatic rings. The highest BCUT2D eigenvalue weighted by atomic mass is 16.2. The summed E-state index contributed by atoms with van der Waals surface area (Å²) in [5.74, 6) is 0.211. The van der Waals surface area contributed by atoms with E-state index in [0.717, 1.165) is 45.6 Å². The molecule has 2 heterocycles. The molecule has 1 fully saturated rings. The highest BCUT2D eigenvalue weighted by Gasteiger charge is 2.21. The summed E-state index contributed by atoms with van der Waals surface area (Å²) in [7, 11) is 0. The lowest BCUT2D eigenvalue weighted by Gasteiger charge is -2.34. The number of rotatable bonds is 3. The zero-order valence-electron chi connectivity index (χ0n) is 13.1. The number of carbonyl (C=O) groups excluding carboxylic acids is 1. The molecule has 1 amide bonds. The minimum atomic E-state index is 0.211. The van der Waals surface area contributed by atoms with Gasteiger partial charge in [-0.2, -0.15) is 5.10 Å². The number of aryl methyl sites for hydroxylation is 2. The van der Waals surface area contributed by atoms with Crippen molar-refractivity contribution in [1.82, 2.24) is 19.6 Å². The minimum Gasteiger partial charge on any atom is -0.339 e. The molecule has 5 heteroatoms. The molecule has 3 rings (SSSR count). The van der Waals surface area contributed by atoms with Crippen LogP contribution in [0.15, 0.2) is 6.20 Å². The van der Waals surface area contributed by atoms with Crippen LogP contribution in [0.2, 0.25) is 0 Å². The van der Waals surface area contributed by atoms with Crippen LogP contribution in [0.1, 0.15) is 37.4 Å². The van der Waals surface area contributed by atoms with E-state index in [1.165, 1.54) is 30.5 Å². The molecule has 1 aliphatic carbocycles. The quantitative estimate of drug-likeness (QED) is 0.788. The summed E-state index contributed by atoms with van der Waals surface area (Å²) in [6.07, 6.45) is 8.09. The molecule has 0 saturated carbocycles. The Kier molecular flexibility index (Phi) is 4.58. The predicted octanol–water partition coefficient (Wildman–Crippen LogP) is 1.32. The molecule has 0 unspecified atom stereocenters. The lowest BCUT2D eigenvalue weighted by atomic mass is 10.1. The summed E-state index contributed by atoms with van der Waals surface area (Å²) in [6, 6.07) is 0. The number of amides is 1. The van der Waals surface area contributed by atoms with E-state index < -0.39 is 0 Å². The van der Waals surface area contributed by atoms with Gasteiger partial charge in [0.25, 0.3) is 0 Å². The van der Waals surface area contributed by atoms with E-state index in [2.05, 4.69) is 23.1 Å². The fourth-order valence-corrected chi connectivity index (χ4v) is 3.34. The smallest absolute Gasteiger partial charge is 0.244 e. The normalized spacial score (nSPS) is 20.1. The van der Waals surface area contributed by atoms with Gasteiger partial charge in [0.05, 0.1) is 5.69 Å². The van der Waals surface area contributed by atoms with Crippen molar-refractivity contribution in [2.45, 2.75) is 45.6 Å². The van der Waals surface area contributed by atoms with Crippen LogP contribution in [-0.2, 0) is 24.2 Å². The van der Waals surface area contributed by atoms with Gasteiger partial charge < -0.3 is 9.80 Å². The SMILES string of the molecule is CCN1CCN(C(=O)Cn2cc3c(n2)CCCCC3)CC1. The number of hydrogen-bond donors (Lipinski definition) is 0. The Hall–Kier alpha value is -1.36. The number of nitrogens with zero attached hydrogens (tertiary/aromatic N) is 4. The molecular formula is C16H26N4O. The first-order valence-electron chi connectivity index (χ1n) is 8.31. The standard InChI is InChI=1S/C16H26N4O/c1-2-18-8-10-19(11-9-18)16(21)13-20-12-14-6-4-3-5-7-15(14)17-20/h12H,2-11,13H2,1H3. The zero-order valence-corrected chi connectivity index (χ0v) is 13.1. The van der Waals surface area contributed by atoms with Gasteiger partial charge in [0.15, 0.2) is 0 Å². The Bertz CT molecular complexity index is 465. The molecule has 116 valence electrons. The third-order valence-electron chi connectivity index (χ3n) is 4.75. The highest BCUT2D eigenvalue weighted by molar-refractivity contribution is 5.76. The first kappa shape index (κ1) is 14.6. The van der Waals surface area contributed by atoms with E-state index in [1.54, 1.807) is 0 Å². The van der Waals surface area contributed by atoms with Gasteiger partial charge in [-0.05, 0) is 37.8 Å². The lowest BCUT2D eigenvalue weighted by molar-refractivity contribution is -0.133. The number of hydrogen-bond acceptors (Lipinski definition) is 3. The molecule has 1 saturated heterocycles. The largest absolute Gasteiger partial charge is 0.339 e. The van der Waals surface area contributed by atoms with Crippen LogP contribution in [0.4, 0.5) is 0 Å². The molecule has 0 spiro atoms. The topological polar surface area (TPSA) is 41.4 Å². The summed E-state index contributed by atoms with van der Waals surface area (Å²) in [5, 5.41) is 4.64. The molecule has 0 radical (unpaired) electrons. The van der Waals surface area contributed by atoms with Gasteiger partial charge in [-0.15, -0.1) is 0 Å².